The van der Waals surface area contributed by atoms with Gasteiger partial charge in [-0.25, -0.2) is 0 Å². The highest BCUT2D eigenvalue weighted by Crippen LogP contribution is 2.57. The molecule has 0 saturated heterocycles. The Morgan fingerprint density at radius 2 is 0.593 bits per heavy atom. The van der Waals surface area contributed by atoms with Gasteiger partial charge in [0, 0.05) is 13.9 Å². The molecule has 0 aromatic carbocycles. The quantitative estimate of drug-likeness (QED) is 0.128. The maximum atomic E-state index is 2.73. The first-order chi connectivity index (χ1) is 12.7. The maximum Gasteiger partial charge on any atom is 0.0591 e. The fourth-order valence-electron chi connectivity index (χ4n) is 4.16. The molecule has 0 aliphatic carbocycles. The Hall–Kier alpha value is 0.860. The minimum Gasteiger partial charge on any atom is -0.153 e. The van der Waals surface area contributed by atoms with Crippen LogP contribution >= 0.6 is 17.2 Å². The minimum absolute atomic E-state index is 0. The first kappa shape index (κ1) is 30.1. The van der Waals surface area contributed by atoms with Gasteiger partial charge >= 0.3 is 0 Å². The molecule has 0 saturated carbocycles. The Morgan fingerprint density at radius 3 is 0.852 bits per heavy atom. The fraction of sp³-hybridized carbons (Fsp3) is 1.00. The summed E-state index contributed by atoms with van der Waals surface area (Å²) in [5, 5.41) is 0. The predicted octanol–water partition coefficient (Wildman–Crippen LogP) is 9.77. The Bertz CT molecular complexity index is 224. The Morgan fingerprint density at radius 1 is 0.370 bits per heavy atom. The molecule has 27 heavy (non-hydrogen) atoms. The summed E-state index contributed by atoms with van der Waals surface area (Å²) in [6.45, 7) is 9.70. The number of hydrogen-bond donors (Lipinski definition) is 0. The van der Waals surface area contributed by atoms with Crippen LogP contribution in [0, 0.1) is 0 Å². The van der Waals surface area contributed by atoms with Crippen molar-refractivity contribution < 1.29 is 0 Å². The number of unbranched alkanes of at least 4 members (excludes halogenated alkanes) is 15. The lowest BCUT2D eigenvalue weighted by Gasteiger charge is -2.24. The van der Waals surface area contributed by atoms with Gasteiger partial charge < -0.3 is 0 Å². The van der Waals surface area contributed by atoms with Crippen LogP contribution in [0.5, 0.6) is 0 Å². The van der Waals surface area contributed by atoms with Gasteiger partial charge in [-0.1, -0.05) is 97.8 Å². The standard InChI is InChI=1S/C25H54P.H3P/c1-5-8-11-14-17-20-23-26(4,24-21-18-15-12-9-6-2)25-22-19-16-13-10-7-3;/h5-25H2,1-4H3;1H3/q+1;. The average molecular weight is 420 g/mol. The van der Waals surface area contributed by atoms with E-state index in [4.69, 9.17) is 0 Å². The summed E-state index contributed by atoms with van der Waals surface area (Å²) in [4.78, 5) is 0. The van der Waals surface area contributed by atoms with Crippen LogP contribution in [0.2, 0.25) is 0 Å². The summed E-state index contributed by atoms with van der Waals surface area (Å²) in [5.41, 5.74) is 0. The Kier molecular flexibility index (Phi) is 25.8. The molecule has 0 radical (unpaired) electrons. The summed E-state index contributed by atoms with van der Waals surface area (Å²) in [7, 11) is -0.636. The van der Waals surface area contributed by atoms with E-state index in [9.17, 15) is 0 Å². The lowest BCUT2D eigenvalue weighted by atomic mass is 10.1. The highest BCUT2D eigenvalue weighted by Gasteiger charge is 2.29. The van der Waals surface area contributed by atoms with Crippen LogP contribution in [0.15, 0.2) is 0 Å². The van der Waals surface area contributed by atoms with Gasteiger partial charge in [-0.15, -0.1) is 0 Å². The van der Waals surface area contributed by atoms with Crippen LogP contribution in [-0.2, 0) is 0 Å². The third-order valence-corrected chi connectivity index (χ3v) is 10.3. The van der Waals surface area contributed by atoms with E-state index in [1.165, 1.54) is 116 Å². The van der Waals surface area contributed by atoms with Crippen molar-refractivity contribution in [2.75, 3.05) is 25.2 Å². The summed E-state index contributed by atoms with van der Waals surface area (Å²) in [6.07, 6.45) is 31.2. The van der Waals surface area contributed by atoms with Gasteiger partial charge in [-0.3, -0.25) is 0 Å². The minimum atomic E-state index is -0.636. The zero-order chi connectivity index (χ0) is 19.3. The van der Waals surface area contributed by atoms with E-state index in [1.807, 2.05) is 0 Å². The second kappa shape index (κ2) is 23.1. The van der Waals surface area contributed by atoms with Crippen molar-refractivity contribution in [3.63, 3.8) is 0 Å². The summed E-state index contributed by atoms with van der Waals surface area (Å²) >= 11 is 0. The Labute approximate surface area is 178 Å². The first-order valence-corrected chi connectivity index (χ1v) is 15.3. The molecular formula is C25H57P2+. The van der Waals surface area contributed by atoms with E-state index < -0.39 is 7.26 Å². The molecule has 1 atom stereocenters. The van der Waals surface area contributed by atoms with E-state index >= 15 is 0 Å². The van der Waals surface area contributed by atoms with Crippen LogP contribution in [0.1, 0.15) is 136 Å². The molecule has 2 heteroatoms. The van der Waals surface area contributed by atoms with Crippen LogP contribution in [0.3, 0.4) is 0 Å². The SMILES string of the molecule is CCCCCCCC[P+](C)(CCCCCCCC)CCCCCCCC.P. The summed E-state index contributed by atoms with van der Waals surface area (Å²) < 4.78 is 0. The number of hydrogen-bond acceptors (Lipinski definition) is 0. The van der Waals surface area contributed by atoms with Crippen LogP contribution in [0.4, 0.5) is 0 Å². The van der Waals surface area contributed by atoms with Crippen molar-refractivity contribution in [1.82, 2.24) is 0 Å². The van der Waals surface area contributed by atoms with E-state index in [1.54, 1.807) is 18.5 Å². The fourth-order valence-corrected chi connectivity index (χ4v) is 7.79. The molecule has 0 amide bonds. The van der Waals surface area contributed by atoms with E-state index in [0.29, 0.717) is 0 Å². The predicted molar refractivity (Wildman–Crippen MR) is 139 cm³/mol. The molecule has 1 unspecified atom stereocenters. The van der Waals surface area contributed by atoms with Crippen molar-refractivity contribution in [2.45, 2.75) is 136 Å². The highest BCUT2D eigenvalue weighted by molar-refractivity contribution is 7.75. The maximum absolute atomic E-state index is 2.73. The van der Waals surface area contributed by atoms with Gasteiger partial charge in [0.1, 0.15) is 0 Å². The lowest BCUT2D eigenvalue weighted by molar-refractivity contribution is 0.616. The van der Waals surface area contributed by atoms with Gasteiger partial charge in [0.05, 0.1) is 18.5 Å². The van der Waals surface area contributed by atoms with Gasteiger partial charge in [-0.05, 0) is 38.5 Å². The van der Waals surface area contributed by atoms with Crippen molar-refractivity contribution in [1.29, 1.82) is 0 Å². The molecule has 166 valence electrons. The Balaban J connectivity index is 0. The van der Waals surface area contributed by atoms with E-state index in [2.05, 4.69) is 27.4 Å². The molecule has 0 spiro atoms. The molecule has 0 aromatic rings. The third kappa shape index (κ3) is 21.4. The summed E-state index contributed by atoms with van der Waals surface area (Å²) in [6, 6.07) is 0. The van der Waals surface area contributed by atoms with Crippen molar-refractivity contribution in [3.8, 4) is 0 Å². The normalized spacial score (nSPS) is 11.6. The molecule has 0 aromatic heterocycles. The largest absolute Gasteiger partial charge is 0.153 e. The smallest absolute Gasteiger partial charge is 0.0591 e. The molecule has 0 fully saturated rings. The molecule has 0 aliphatic heterocycles. The molecule has 0 rings (SSSR count). The average Bonchev–Trinajstić information content (AvgIpc) is 2.64. The highest BCUT2D eigenvalue weighted by atomic mass is 31.2. The zero-order valence-corrected chi connectivity index (χ0v) is 22.3. The third-order valence-electron chi connectivity index (χ3n) is 6.15. The van der Waals surface area contributed by atoms with Crippen LogP contribution in [0.25, 0.3) is 0 Å². The molecule has 0 N–H and O–H groups in total. The molecule has 0 heterocycles. The monoisotopic (exact) mass is 419 g/mol. The van der Waals surface area contributed by atoms with Gasteiger partial charge in [0.2, 0.25) is 0 Å². The van der Waals surface area contributed by atoms with Gasteiger partial charge in [0.15, 0.2) is 0 Å². The second-order valence-electron chi connectivity index (χ2n) is 9.09. The van der Waals surface area contributed by atoms with Crippen molar-refractivity contribution in [3.05, 3.63) is 0 Å². The van der Waals surface area contributed by atoms with Crippen molar-refractivity contribution >= 4 is 17.2 Å². The molecule has 0 bridgehead atoms. The molecule has 0 aliphatic rings. The molecular weight excluding hydrogens is 362 g/mol. The first-order valence-electron chi connectivity index (χ1n) is 12.5. The van der Waals surface area contributed by atoms with Crippen LogP contribution < -0.4 is 0 Å². The topological polar surface area (TPSA) is 0 Å². The summed E-state index contributed by atoms with van der Waals surface area (Å²) in [5.74, 6) is 0. The zero-order valence-electron chi connectivity index (χ0n) is 20.0. The van der Waals surface area contributed by atoms with E-state index in [-0.39, 0.29) is 9.90 Å². The van der Waals surface area contributed by atoms with Crippen molar-refractivity contribution in [2.24, 2.45) is 0 Å². The molecule has 0 nitrogen and oxygen atoms in total. The van der Waals surface area contributed by atoms with Gasteiger partial charge in [0.25, 0.3) is 0 Å². The van der Waals surface area contributed by atoms with Crippen LogP contribution in [-0.4, -0.2) is 25.2 Å². The second-order valence-corrected chi connectivity index (χ2v) is 13.7. The van der Waals surface area contributed by atoms with E-state index in [0.717, 1.165) is 0 Å². The van der Waals surface area contributed by atoms with Gasteiger partial charge in [-0.2, -0.15) is 9.90 Å². The lowest BCUT2D eigenvalue weighted by Crippen LogP contribution is -2.08. The number of rotatable bonds is 21.